The lowest BCUT2D eigenvalue weighted by Gasteiger charge is -2.14. The summed E-state index contributed by atoms with van der Waals surface area (Å²) in [6, 6.07) is 4.12. The molecule has 3 nitrogen and oxygen atoms in total. The number of hydrogen-bond acceptors (Lipinski definition) is 2. The van der Waals surface area contributed by atoms with Gasteiger partial charge in [0, 0.05) is 0 Å². The third kappa shape index (κ3) is 3.76. The van der Waals surface area contributed by atoms with Crippen LogP contribution in [0.5, 0.6) is 5.75 Å². The van der Waals surface area contributed by atoms with Gasteiger partial charge >= 0.3 is 5.97 Å². The van der Waals surface area contributed by atoms with E-state index in [1.165, 1.54) is 11.1 Å². The van der Waals surface area contributed by atoms with Gasteiger partial charge < -0.3 is 9.84 Å². The number of hydrogen-bond donors (Lipinski definition) is 1. The molecule has 1 N–H and O–H groups in total. The molecular weight excluding hydrogens is 228 g/mol. The molecule has 0 radical (unpaired) electrons. The highest BCUT2D eigenvalue weighted by Crippen LogP contribution is 2.23. The summed E-state index contributed by atoms with van der Waals surface area (Å²) in [6.07, 6.45) is 1.20. The molecule has 1 aromatic carbocycles. The summed E-state index contributed by atoms with van der Waals surface area (Å²) >= 11 is 0. The summed E-state index contributed by atoms with van der Waals surface area (Å²) < 4.78 is 5.69. The van der Waals surface area contributed by atoms with Crippen molar-refractivity contribution in [1.29, 1.82) is 0 Å². The minimum Gasteiger partial charge on any atom is -0.493 e. The number of benzene rings is 1. The SMILES string of the molecule is CCC(CCOc1cc(C)c(C)cc1C)C(=O)O. The molecule has 0 saturated heterocycles. The van der Waals surface area contributed by atoms with Gasteiger partial charge in [-0.05, 0) is 56.4 Å². The minimum absolute atomic E-state index is 0.308. The van der Waals surface area contributed by atoms with Crippen molar-refractivity contribution in [1.82, 2.24) is 0 Å². The largest absolute Gasteiger partial charge is 0.493 e. The molecule has 0 bridgehead atoms. The Labute approximate surface area is 109 Å². The second-order valence-electron chi connectivity index (χ2n) is 4.78. The van der Waals surface area contributed by atoms with Crippen LogP contribution in [0.3, 0.4) is 0 Å². The van der Waals surface area contributed by atoms with Crippen molar-refractivity contribution >= 4 is 5.97 Å². The molecule has 0 aliphatic heterocycles. The standard InChI is InChI=1S/C15H22O3/c1-5-13(15(16)17)6-7-18-14-9-11(3)10(2)8-12(14)4/h8-9,13H,5-7H2,1-4H3,(H,16,17). The van der Waals surface area contributed by atoms with E-state index in [1.54, 1.807) is 0 Å². The van der Waals surface area contributed by atoms with Crippen molar-refractivity contribution in [2.24, 2.45) is 5.92 Å². The molecule has 1 aromatic rings. The van der Waals surface area contributed by atoms with Crippen molar-refractivity contribution in [3.63, 3.8) is 0 Å². The smallest absolute Gasteiger partial charge is 0.306 e. The van der Waals surface area contributed by atoms with Crippen molar-refractivity contribution < 1.29 is 14.6 Å². The Hall–Kier alpha value is -1.51. The first-order valence-corrected chi connectivity index (χ1v) is 6.39. The zero-order chi connectivity index (χ0) is 13.7. The molecule has 0 heterocycles. The average Bonchev–Trinajstić information content (AvgIpc) is 2.30. The number of ether oxygens (including phenoxy) is 1. The summed E-state index contributed by atoms with van der Waals surface area (Å²) in [4.78, 5) is 10.9. The molecule has 0 saturated carbocycles. The first-order valence-electron chi connectivity index (χ1n) is 6.39. The normalized spacial score (nSPS) is 12.2. The number of carboxylic acids is 1. The van der Waals surface area contributed by atoms with Gasteiger partial charge in [0.2, 0.25) is 0 Å². The Bertz CT molecular complexity index is 424. The lowest BCUT2D eigenvalue weighted by molar-refractivity contribution is -0.142. The number of aliphatic carboxylic acids is 1. The number of carboxylic acid groups (broad SMARTS) is 1. The summed E-state index contributed by atoms with van der Waals surface area (Å²) in [5.74, 6) is -0.187. The molecule has 0 fully saturated rings. The topological polar surface area (TPSA) is 46.5 Å². The van der Waals surface area contributed by atoms with E-state index >= 15 is 0 Å². The zero-order valence-corrected chi connectivity index (χ0v) is 11.6. The predicted molar refractivity (Wildman–Crippen MR) is 72.2 cm³/mol. The Morgan fingerprint density at radius 3 is 2.39 bits per heavy atom. The number of rotatable bonds is 6. The third-order valence-corrected chi connectivity index (χ3v) is 3.36. The summed E-state index contributed by atoms with van der Waals surface area (Å²) in [6.45, 7) is 8.47. The van der Waals surface area contributed by atoms with Crippen molar-refractivity contribution in [3.8, 4) is 5.75 Å². The van der Waals surface area contributed by atoms with E-state index in [9.17, 15) is 4.79 Å². The Morgan fingerprint density at radius 1 is 1.22 bits per heavy atom. The third-order valence-electron chi connectivity index (χ3n) is 3.36. The van der Waals surface area contributed by atoms with Gasteiger partial charge in [-0.15, -0.1) is 0 Å². The van der Waals surface area contributed by atoms with Gasteiger partial charge in [0.1, 0.15) is 5.75 Å². The molecule has 100 valence electrons. The quantitative estimate of drug-likeness (QED) is 0.840. The summed E-state index contributed by atoms with van der Waals surface area (Å²) in [5, 5.41) is 8.95. The molecule has 0 aliphatic carbocycles. The summed E-state index contributed by atoms with van der Waals surface area (Å²) in [5.41, 5.74) is 3.54. The van der Waals surface area contributed by atoms with Gasteiger partial charge in [-0.2, -0.15) is 0 Å². The number of carbonyl (C=O) groups is 1. The van der Waals surface area contributed by atoms with Gasteiger partial charge in [-0.1, -0.05) is 13.0 Å². The van der Waals surface area contributed by atoms with Gasteiger partial charge in [0.05, 0.1) is 12.5 Å². The average molecular weight is 250 g/mol. The maximum atomic E-state index is 10.9. The fourth-order valence-corrected chi connectivity index (χ4v) is 1.90. The van der Waals surface area contributed by atoms with Crippen molar-refractivity contribution in [2.45, 2.75) is 40.5 Å². The predicted octanol–water partition coefficient (Wildman–Crippen LogP) is 3.49. The van der Waals surface area contributed by atoms with E-state index in [0.717, 1.165) is 11.3 Å². The molecule has 0 aromatic heterocycles. The monoisotopic (exact) mass is 250 g/mol. The first-order chi connectivity index (χ1) is 8.45. The Balaban J connectivity index is 2.59. The van der Waals surface area contributed by atoms with Crippen LogP contribution in [0.2, 0.25) is 0 Å². The highest BCUT2D eigenvalue weighted by molar-refractivity contribution is 5.69. The highest BCUT2D eigenvalue weighted by atomic mass is 16.5. The molecule has 1 rings (SSSR count). The van der Waals surface area contributed by atoms with Crippen LogP contribution >= 0.6 is 0 Å². The lowest BCUT2D eigenvalue weighted by atomic mass is 10.0. The van der Waals surface area contributed by atoms with Gasteiger partial charge in [0.25, 0.3) is 0 Å². The molecular formula is C15H22O3. The highest BCUT2D eigenvalue weighted by Gasteiger charge is 2.14. The van der Waals surface area contributed by atoms with Crippen LogP contribution in [0.1, 0.15) is 36.5 Å². The second kappa shape index (κ2) is 6.43. The molecule has 0 spiro atoms. The molecule has 1 unspecified atom stereocenters. The first kappa shape index (κ1) is 14.6. The van der Waals surface area contributed by atoms with E-state index in [1.807, 2.05) is 26.8 Å². The zero-order valence-electron chi connectivity index (χ0n) is 11.6. The van der Waals surface area contributed by atoms with Crippen molar-refractivity contribution in [2.75, 3.05) is 6.61 Å². The van der Waals surface area contributed by atoms with E-state index in [-0.39, 0.29) is 5.92 Å². The van der Waals surface area contributed by atoms with Crippen molar-refractivity contribution in [3.05, 3.63) is 28.8 Å². The maximum Gasteiger partial charge on any atom is 0.306 e. The van der Waals surface area contributed by atoms with E-state index in [2.05, 4.69) is 13.0 Å². The summed E-state index contributed by atoms with van der Waals surface area (Å²) in [7, 11) is 0. The fraction of sp³-hybridized carbons (Fsp3) is 0.533. The molecule has 1 atom stereocenters. The second-order valence-corrected chi connectivity index (χ2v) is 4.78. The van der Waals surface area contributed by atoms with Gasteiger partial charge in [0.15, 0.2) is 0 Å². The molecule has 3 heteroatoms. The van der Waals surface area contributed by atoms with E-state index < -0.39 is 5.97 Å². The van der Waals surface area contributed by atoms with Crippen LogP contribution in [-0.2, 0) is 4.79 Å². The van der Waals surface area contributed by atoms with Crippen LogP contribution < -0.4 is 4.74 Å². The maximum absolute atomic E-state index is 10.9. The fourth-order valence-electron chi connectivity index (χ4n) is 1.90. The van der Waals surface area contributed by atoms with E-state index in [0.29, 0.717) is 19.4 Å². The van der Waals surface area contributed by atoms with Crippen LogP contribution in [0.15, 0.2) is 12.1 Å². The lowest BCUT2D eigenvalue weighted by Crippen LogP contribution is -2.16. The van der Waals surface area contributed by atoms with Gasteiger partial charge in [-0.3, -0.25) is 4.79 Å². The minimum atomic E-state index is -0.738. The molecule has 18 heavy (non-hydrogen) atoms. The van der Waals surface area contributed by atoms with Crippen LogP contribution in [0, 0.1) is 26.7 Å². The Kier molecular flexibility index (Phi) is 5.20. The molecule has 0 aliphatic rings. The van der Waals surface area contributed by atoms with Crippen LogP contribution in [0.4, 0.5) is 0 Å². The molecule has 0 amide bonds. The van der Waals surface area contributed by atoms with Crippen LogP contribution in [-0.4, -0.2) is 17.7 Å². The Morgan fingerprint density at radius 2 is 1.83 bits per heavy atom. The van der Waals surface area contributed by atoms with E-state index in [4.69, 9.17) is 9.84 Å². The number of aryl methyl sites for hydroxylation is 3. The van der Waals surface area contributed by atoms with Crippen LogP contribution in [0.25, 0.3) is 0 Å². The van der Waals surface area contributed by atoms with Gasteiger partial charge in [-0.25, -0.2) is 0 Å².